The monoisotopic (exact) mass is 298 g/mol. The summed E-state index contributed by atoms with van der Waals surface area (Å²) >= 11 is 1.74. The molecule has 21 heavy (non-hydrogen) atoms. The summed E-state index contributed by atoms with van der Waals surface area (Å²) in [6.45, 7) is 7.02. The molecular formula is C16H18N4S. The van der Waals surface area contributed by atoms with Crippen molar-refractivity contribution in [2.24, 2.45) is 0 Å². The Labute approximate surface area is 128 Å². The maximum absolute atomic E-state index is 4.67. The number of aryl methyl sites for hydroxylation is 3. The molecule has 0 unspecified atom stereocenters. The number of hydrogen-bond donors (Lipinski definition) is 0. The van der Waals surface area contributed by atoms with E-state index in [-0.39, 0.29) is 0 Å². The highest BCUT2D eigenvalue weighted by Gasteiger charge is 2.16. The van der Waals surface area contributed by atoms with Crippen LogP contribution in [0.1, 0.15) is 21.8 Å². The third-order valence-electron chi connectivity index (χ3n) is 3.63. The van der Waals surface area contributed by atoms with Gasteiger partial charge in [0.15, 0.2) is 0 Å². The number of rotatable bonds is 3. The Balaban J connectivity index is 2.06. The third-order valence-corrected chi connectivity index (χ3v) is 4.73. The van der Waals surface area contributed by atoms with Crippen molar-refractivity contribution >= 4 is 27.4 Å². The summed E-state index contributed by atoms with van der Waals surface area (Å²) in [7, 11) is 2.07. The molecule has 0 amide bonds. The lowest BCUT2D eigenvalue weighted by Crippen LogP contribution is -2.18. The van der Waals surface area contributed by atoms with Crippen LogP contribution in [0.25, 0.3) is 10.2 Å². The van der Waals surface area contributed by atoms with Gasteiger partial charge in [-0.15, -0.1) is 11.3 Å². The minimum absolute atomic E-state index is 0.785. The Morgan fingerprint density at radius 2 is 2.00 bits per heavy atom. The van der Waals surface area contributed by atoms with Crippen molar-refractivity contribution in [1.29, 1.82) is 0 Å². The summed E-state index contributed by atoms with van der Waals surface area (Å²) in [5.41, 5.74) is 2.46. The van der Waals surface area contributed by atoms with E-state index in [1.807, 2.05) is 19.2 Å². The van der Waals surface area contributed by atoms with Crippen LogP contribution in [-0.2, 0) is 6.54 Å². The molecule has 108 valence electrons. The van der Waals surface area contributed by atoms with Crippen LogP contribution in [0.2, 0.25) is 0 Å². The first-order valence-corrected chi connectivity index (χ1v) is 7.72. The molecule has 0 saturated carbocycles. The van der Waals surface area contributed by atoms with Crippen LogP contribution >= 0.6 is 11.3 Å². The number of aromatic nitrogens is 3. The van der Waals surface area contributed by atoms with Crippen LogP contribution in [0.15, 0.2) is 24.5 Å². The molecule has 3 aromatic rings. The zero-order valence-corrected chi connectivity index (χ0v) is 13.5. The van der Waals surface area contributed by atoms with Gasteiger partial charge in [0.05, 0.1) is 5.39 Å². The van der Waals surface area contributed by atoms with Crippen LogP contribution in [0, 0.1) is 20.8 Å². The zero-order chi connectivity index (χ0) is 15.0. The van der Waals surface area contributed by atoms with Crippen LogP contribution in [-0.4, -0.2) is 22.0 Å². The van der Waals surface area contributed by atoms with Crippen molar-refractivity contribution in [3.63, 3.8) is 0 Å². The smallest absolute Gasteiger partial charge is 0.141 e. The van der Waals surface area contributed by atoms with Crippen molar-refractivity contribution in [3.05, 3.63) is 46.4 Å². The maximum atomic E-state index is 4.67. The van der Waals surface area contributed by atoms with Gasteiger partial charge in [0.2, 0.25) is 0 Å². The van der Waals surface area contributed by atoms with Gasteiger partial charge in [-0.3, -0.25) is 4.98 Å². The number of nitrogens with zero attached hydrogens (tertiary/aromatic N) is 4. The van der Waals surface area contributed by atoms with E-state index in [9.17, 15) is 0 Å². The zero-order valence-electron chi connectivity index (χ0n) is 12.7. The van der Waals surface area contributed by atoms with E-state index >= 15 is 0 Å². The number of thiophene rings is 1. The standard InChI is InChI=1S/C16H18N4S/c1-10-11(2)21-16-14(10)15(18-12(3)19-16)20(4)9-13-6-5-7-17-8-13/h5-8H,9H2,1-4H3. The second-order valence-corrected chi connectivity index (χ2v) is 6.48. The molecule has 0 N–H and O–H groups in total. The van der Waals surface area contributed by atoms with E-state index in [2.05, 4.69) is 46.8 Å². The van der Waals surface area contributed by atoms with Gasteiger partial charge in [-0.1, -0.05) is 6.07 Å². The van der Waals surface area contributed by atoms with E-state index in [0.29, 0.717) is 0 Å². The van der Waals surface area contributed by atoms with Crippen molar-refractivity contribution in [3.8, 4) is 0 Å². The molecule has 0 aliphatic heterocycles. The van der Waals surface area contributed by atoms with E-state index in [4.69, 9.17) is 0 Å². The molecule has 3 rings (SSSR count). The summed E-state index contributed by atoms with van der Waals surface area (Å²) in [4.78, 5) is 18.0. The number of anilines is 1. The second-order valence-electron chi connectivity index (χ2n) is 5.28. The molecule has 3 heterocycles. The molecule has 4 nitrogen and oxygen atoms in total. The molecule has 0 aliphatic carbocycles. The van der Waals surface area contributed by atoms with Gasteiger partial charge in [0.25, 0.3) is 0 Å². The Bertz CT molecular complexity index is 780. The van der Waals surface area contributed by atoms with Crippen LogP contribution in [0.4, 0.5) is 5.82 Å². The van der Waals surface area contributed by atoms with E-state index in [1.165, 1.54) is 21.4 Å². The van der Waals surface area contributed by atoms with Crippen LogP contribution in [0.3, 0.4) is 0 Å². The maximum Gasteiger partial charge on any atom is 0.141 e. The molecule has 3 aromatic heterocycles. The topological polar surface area (TPSA) is 41.9 Å². The molecule has 0 saturated heterocycles. The molecule has 0 atom stereocenters. The average molecular weight is 298 g/mol. The second kappa shape index (κ2) is 5.41. The van der Waals surface area contributed by atoms with Crippen molar-refractivity contribution in [2.45, 2.75) is 27.3 Å². The molecule has 0 radical (unpaired) electrons. The SMILES string of the molecule is Cc1nc(N(C)Cc2cccnc2)c2c(C)c(C)sc2n1. The fourth-order valence-electron chi connectivity index (χ4n) is 2.45. The highest BCUT2D eigenvalue weighted by atomic mass is 32.1. The predicted octanol–water partition coefficient (Wildman–Crippen LogP) is 3.65. The van der Waals surface area contributed by atoms with Gasteiger partial charge in [0.1, 0.15) is 16.5 Å². The van der Waals surface area contributed by atoms with Crippen molar-refractivity contribution in [2.75, 3.05) is 11.9 Å². The Morgan fingerprint density at radius 3 is 2.71 bits per heavy atom. The van der Waals surface area contributed by atoms with Gasteiger partial charge < -0.3 is 4.90 Å². The van der Waals surface area contributed by atoms with E-state index in [0.717, 1.165) is 23.0 Å². The molecule has 0 aromatic carbocycles. The van der Waals surface area contributed by atoms with E-state index < -0.39 is 0 Å². The van der Waals surface area contributed by atoms with Gasteiger partial charge in [-0.25, -0.2) is 9.97 Å². The summed E-state index contributed by atoms with van der Waals surface area (Å²) < 4.78 is 0. The van der Waals surface area contributed by atoms with Crippen molar-refractivity contribution in [1.82, 2.24) is 15.0 Å². The first-order chi connectivity index (χ1) is 10.1. The first kappa shape index (κ1) is 13.9. The molecule has 5 heteroatoms. The third kappa shape index (κ3) is 2.61. The molecule has 0 fully saturated rings. The summed E-state index contributed by atoms with van der Waals surface area (Å²) in [5, 5.41) is 1.18. The lowest BCUT2D eigenvalue weighted by Gasteiger charge is -2.19. The van der Waals surface area contributed by atoms with Crippen LogP contribution < -0.4 is 4.90 Å². The Morgan fingerprint density at radius 1 is 1.19 bits per heavy atom. The largest absolute Gasteiger partial charge is 0.355 e. The quantitative estimate of drug-likeness (QED) is 0.740. The summed E-state index contributed by atoms with van der Waals surface area (Å²) in [5.74, 6) is 1.82. The Kier molecular flexibility index (Phi) is 3.59. The molecular weight excluding hydrogens is 280 g/mol. The van der Waals surface area contributed by atoms with Gasteiger partial charge in [0, 0.05) is 30.9 Å². The lowest BCUT2D eigenvalue weighted by atomic mass is 10.2. The van der Waals surface area contributed by atoms with E-state index in [1.54, 1.807) is 17.5 Å². The number of pyridine rings is 1. The molecule has 0 aliphatic rings. The summed E-state index contributed by atoms with van der Waals surface area (Å²) in [6.07, 6.45) is 3.69. The minimum atomic E-state index is 0.785. The predicted molar refractivity (Wildman–Crippen MR) is 88.0 cm³/mol. The fourth-order valence-corrected chi connectivity index (χ4v) is 3.52. The van der Waals surface area contributed by atoms with Gasteiger partial charge in [-0.2, -0.15) is 0 Å². The molecule has 0 spiro atoms. The highest BCUT2D eigenvalue weighted by Crippen LogP contribution is 2.34. The first-order valence-electron chi connectivity index (χ1n) is 6.90. The van der Waals surface area contributed by atoms with Crippen LogP contribution in [0.5, 0.6) is 0 Å². The fraction of sp³-hybridized carbons (Fsp3) is 0.312. The van der Waals surface area contributed by atoms with Gasteiger partial charge >= 0.3 is 0 Å². The van der Waals surface area contributed by atoms with Crippen molar-refractivity contribution < 1.29 is 0 Å². The number of hydrogen-bond acceptors (Lipinski definition) is 5. The number of fused-ring (bicyclic) bond motifs is 1. The minimum Gasteiger partial charge on any atom is -0.355 e. The normalized spacial score (nSPS) is 11.0. The lowest BCUT2D eigenvalue weighted by molar-refractivity contribution is 0.885. The van der Waals surface area contributed by atoms with Gasteiger partial charge in [-0.05, 0) is 38.0 Å². The molecule has 0 bridgehead atoms. The summed E-state index contributed by atoms with van der Waals surface area (Å²) in [6, 6.07) is 4.05. The Hall–Kier alpha value is -2.01. The highest BCUT2D eigenvalue weighted by molar-refractivity contribution is 7.18. The average Bonchev–Trinajstić information content (AvgIpc) is 2.74.